The van der Waals surface area contributed by atoms with Crippen LogP contribution < -0.4 is 15.3 Å². The third-order valence-corrected chi connectivity index (χ3v) is 6.96. The molecular weight excluding hydrogens is 424 g/mol. The van der Waals surface area contributed by atoms with Gasteiger partial charge < -0.3 is 4.74 Å². The van der Waals surface area contributed by atoms with Crippen LogP contribution in [0.2, 0.25) is 0 Å². The van der Waals surface area contributed by atoms with Gasteiger partial charge in [-0.2, -0.15) is 15.4 Å². The SMILES string of the molecule is C=c1cc2c(c(-c3cccc4n[nH]nc34)c1Oc1c(C)c(C)c(C)c(C)c1CCCC)=NN=N2. The molecule has 0 aliphatic carbocycles. The molecule has 0 bridgehead atoms. The van der Waals surface area contributed by atoms with Crippen LogP contribution in [0.3, 0.4) is 0 Å². The predicted molar refractivity (Wildman–Crippen MR) is 134 cm³/mol. The lowest BCUT2D eigenvalue weighted by molar-refractivity contribution is 0.467. The molecule has 2 heterocycles. The van der Waals surface area contributed by atoms with Crippen molar-refractivity contribution in [2.24, 2.45) is 15.4 Å². The number of nitrogens with zero attached hydrogens (tertiary/aromatic N) is 5. The molecule has 3 aromatic carbocycles. The summed E-state index contributed by atoms with van der Waals surface area (Å²) in [5.41, 5.74) is 10.1. The second kappa shape index (κ2) is 8.48. The highest BCUT2D eigenvalue weighted by molar-refractivity contribution is 5.93. The van der Waals surface area contributed by atoms with Crippen LogP contribution in [0.25, 0.3) is 28.7 Å². The molecule has 0 saturated heterocycles. The summed E-state index contributed by atoms with van der Waals surface area (Å²) in [5, 5.41) is 25.2. The number of benzene rings is 3. The molecule has 34 heavy (non-hydrogen) atoms. The minimum atomic E-state index is 0.647. The first-order valence-electron chi connectivity index (χ1n) is 11.6. The molecule has 0 radical (unpaired) electrons. The van der Waals surface area contributed by atoms with E-state index in [1.165, 1.54) is 22.3 Å². The van der Waals surface area contributed by atoms with Crippen LogP contribution >= 0.6 is 0 Å². The zero-order chi connectivity index (χ0) is 24.0. The quantitative estimate of drug-likeness (QED) is 0.387. The normalized spacial score (nSPS) is 12.3. The number of unbranched alkanes of at least 4 members (excludes halogenated alkanes) is 1. The Morgan fingerprint density at radius 2 is 1.76 bits per heavy atom. The highest BCUT2D eigenvalue weighted by Gasteiger charge is 2.23. The van der Waals surface area contributed by atoms with Gasteiger partial charge in [0.25, 0.3) is 0 Å². The molecule has 0 unspecified atom stereocenters. The first kappa shape index (κ1) is 21.9. The third-order valence-electron chi connectivity index (χ3n) is 6.96. The van der Waals surface area contributed by atoms with Gasteiger partial charge in [0.1, 0.15) is 33.6 Å². The number of hydrogen-bond acceptors (Lipinski definition) is 6. The maximum Gasteiger partial charge on any atom is 0.144 e. The molecule has 1 aliphatic heterocycles. The minimum absolute atomic E-state index is 0.647. The number of fused-ring (bicyclic) bond motifs is 2. The summed E-state index contributed by atoms with van der Waals surface area (Å²) in [7, 11) is 0. The van der Waals surface area contributed by atoms with Gasteiger partial charge in [0.2, 0.25) is 0 Å². The van der Waals surface area contributed by atoms with Crippen molar-refractivity contribution < 1.29 is 4.74 Å². The fraction of sp³-hybridized carbons (Fsp3) is 0.296. The van der Waals surface area contributed by atoms with Gasteiger partial charge in [-0.25, -0.2) is 0 Å². The average molecular weight is 453 g/mol. The molecule has 0 atom stereocenters. The number of para-hydroxylation sites is 1. The van der Waals surface area contributed by atoms with Crippen molar-refractivity contribution in [3.05, 3.63) is 62.7 Å². The molecule has 0 saturated carbocycles. The molecule has 4 aromatic rings. The second-order valence-corrected chi connectivity index (χ2v) is 8.91. The van der Waals surface area contributed by atoms with Gasteiger partial charge in [0.15, 0.2) is 0 Å². The van der Waals surface area contributed by atoms with E-state index in [-0.39, 0.29) is 0 Å². The highest BCUT2D eigenvalue weighted by Crippen LogP contribution is 2.39. The summed E-state index contributed by atoms with van der Waals surface area (Å²) in [5.74, 6) is 1.55. The zero-order valence-corrected chi connectivity index (χ0v) is 20.3. The summed E-state index contributed by atoms with van der Waals surface area (Å²) in [6.45, 7) is 15.2. The molecule has 1 aromatic heterocycles. The minimum Gasteiger partial charge on any atom is -0.455 e. The molecule has 7 nitrogen and oxygen atoms in total. The summed E-state index contributed by atoms with van der Waals surface area (Å²) < 4.78 is 6.86. The zero-order valence-electron chi connectivity index (χ0n) is 20.3. The van der Waals surface area contributed by atoms with Crippen LogP contribution in [0.5, 0.6) is 11.5 Å². The van der Waals surface area contributed by atoms with Crippen LogP contribution in [0.1, 0.15) is 47.6 Å². The first-order chi connectivity index (χ1) is 16.4. The average Bonchev–Trinajstić information content (AvgIpc) is 3.50. The van der Waals surface area contributed by atoms with E-state index in [9.17, 15) is 0 Å². The largest absolute Gasteiger partial charge is 0.455 e. The van der Waals surface area contributed by atoms with Crippen LogP contribution in [0, 0.1) is 27.7 Å². The molecule has 172 valence electrons. The standard InChI is InChI=1S/C27H28N6O/c1-7-8-10-19-17(5)15(3)16(4)18(6)27(19)34-26-14(2)13-22-25(31-33-29-22)23(26)20-11-9-12-21-24(20)30-32-28-21/h9,11-13H,2,7-8,10H2,1,3-6H3,(H,28,30,32). The molecule has 0 spiro atoms. The van der Waals surface area contributed by atoms with Gasteiger partial charge >= 0.3 is 0 Å². The van der Waals surface area contributed by atoms with Gasteiger partial charge in [-0.3, -0.25) is 0 Å². The van der Waals surface area contributed by atoms with Crippen molar-refractivity contribution in [3.8, 4) is 22.6 Å². The molecule has 1 aliphatic rings. The van der Waals surface area contributed by atoms with E-state index >= 15 is 0 Å². The maximum atomic E-state index is 6.86. The Morgan fingerprint density at radius 3 is 2.56 bits per heavy atom. The lowest BCUT2D eigenvalue weighted by Gasteiger charge is -2.22. The van der Waals surface area contributed by atoms with Crippen molar-refractivity contribution in [3.63, 3.8) is 0 Å². The van der Waals surface area contributed by atoms with E-state index in [1.807, 2.05) is 24.3 Å². The van der Waals surface area contributed by atoms with E-state index in [2.05, 4.69) is 72.0 Å². The lowest BCUT2D eigenvalue weighted by Crippen LogP contribution is -2.16. The number of aromatic amines is 1. The number of H-pyrrole nitrogens is 1. The molecule has 7 heteroatoms. The lowest BCUT2D eigenvalue weighted by atomic mass is 9.90. The molecule has 0 amide bonds. The predicted octanol–water partition coefficient (Wildman–Crippen LogP) is 6.04. The summed E-state index contributed by atoms with van der Waals surface area (Å²) in [4.78, 5) is 0. The van der Waals surface area contributed by atoms with Crippen molar-refractivity contribution in [1.82, 2.24) is 15.4 Å². The Morgan fingerprint density at radius 1 is 0.971 bits per heavy atom. The van der Waals surface area contributed by atoms with Crippen LogP contribution in [-0.4, -0.2) is 15.4 Å². The van der Waals surface area contributed by atoms with E-state index in [0.717, 1.165) is 58.0 Å². The van der Waals surface area contributed by atoms with Gasteiger partial charge in [-0.05, 0) is 85.7 Å². The number of ether oxygens (including phenoxy) is 1. The fourth-order valence-corrected chi connectivity index (χ4v) is 4.67. The Bertz CT molecular complexity index is 1580. The highest BCUT2D eigenvalue weighted by atomic mass is 16.5. The van der Waals surface area contributed by atoms with E-state index in [4.69, 9.17) is 4.74 Å². The van der Waals surface area contributed by atoms with Crippen molar-refractivity contribution >= 4 is 23.3 Å². The third kappa shape index (κ3) is 3.39. The maximum absolute atomic E-state index is 6.86. The number of rotatable bonds is 6. The van der Waals surface area contributed by atoms with Gasteiger partial charge in [-0.15, -0.1) is 10.2 Å². The van der Waals surface area contributed by atoms with Gasteiger partial charge in [0, 0.05) is 10.8 Å². The van der Waals surface area contributed by atoms with E-state index in [1.54, 1.807) is 0 Å². The number of hydrogen-bond donors (Lipinski definition) is 1. The van der Waals surface area contributed by atoms with Gasteiger partial charge in [-0.1, -0.05) is 32.1 Å². The second-order valence-electron chi connectivity index (χ2n) is 8.91. The van der Waals surface area contributed by atoms with Crippen molar-refractivity contribution in [2.75, 3.05) is 0 Å². The Balaban J connectivity index is 1.80. The molecule has 1 N–H and O–H groups in total. The van der Waals surface area contributed by atoms with Crippen LogP contribution in [0.4, 0.5) is 5.69 Å². The number of aromatic nitrogens is 3. The topological polar surface area (TPSA) is 87.9 Å². The smallest absolute Gasteiger partial charge is 0.144 e. The summed E-state index contributed by atoms with van der Waals surface area (Å²) in [6.07, 6.45) is 3.17. The van der Waals surface area contributed by atoms with Crippen molar-refractivity contribution in [2.45, 2.75) is 53.9 Å². The molecule has 5 rings (SSSR count). The summed E-state index contributed by atoms with van der Waals surface area (Å²) in [6, 6.07) is 7.75. The summed E-state index contributed by atoms with van der Waals surface area (Å²) >= 11 is 0. The molecular formula is C27H28N6O. The number of nitrogens with one attached hydrogen (secondary N) is 1. The molecule has 0 fully saturated rings. The van der Waals surface area contributed by atoms with Crippen molar-refractivity contribution in [1.29, 1.82) is 0 Å². The monoisotopic (exact) mass is 452 g/mol. The van der Waals surface area contributed by atoms with Crippen LogP contribution in [-0.2, 0) is 6.42 Å². The van der Waals surface area contributed by atoms with E-state index < -0.39 is 0 Å². The Hall–Kier alpha value is -3.87. The Kier molecular flexibility index (Phi) is 5.48. The Labute approximate surface area is 198 Å². The first-order valence-corrected chi connectivity index (χ1v) is 11.6. The van der Waals surface area contributed by atoms with Crippen LogP contribution in [0.15, 0.2) is 39.7 Å². The van der Waals surface area contributed by atoms with Gasteiger partial charge in [0.05, 0.1) is 5.56 Å². The fourth-order valence-electron chi connectivity index (χ4n) is 4.67. The van der Waals surface area contributed by atoms with E-state index in [0.29, 0.717) is 16.8 Å².